The van der Waals surface area contributed by atoms with E-state index >= 15 is 0 Å². The van der Waals surface area contributed by atoms with E-state index in [9.17, 15) is 12.8 Å². The predicted octanol–water partition coefficient (Wildman–Crippen LogP) is 3.99. The van der Waals surface area contributed by atoms with E-state index < -0.39 is 10.7 Å². The Hall–Kier alpha value is -3.92. The Morgan fingerprint density at radius 1 is 1.09 bits per heavy atom. The number of nitrogens with zero attached hydrogens (tertiary/aromatic N) is 4. The van der Waals surface area contributed by atoms with Crippen LogP contribution < -0.4 is 5.32 Å². The third-order valence-corrected chi connectivity index (χ3v) is 5.98. The van der Waals surface area contributed by atoms with Crippen LogP contribution in [0.2, 0.25) is 0 Å². The van der Waals surface area contributed by atoms with Crippen molar-refractivity contribution in [2.24, 2.45) is 0 Å². The second-order valence-corrected chi connectivity index (χ2v) is 8.62. The van der Waals surface area contributed by atoms with Crippen molar-refractivity contribution in [1.82, 2.24) is 24.9 Å². The van der Waals surface area contributed by atoms with Crippen LogP contribution in [-0.2, 0) is 16.5 Å². The van der Waals surface area contributed by atoms with Gasteiger partial charge in [0.1, 0.15) is 28.4 Å². The third kappa shape index (κ3) is 4.24. The second kappa shape index (κ2) is 8.55. The molecular weight excluding hydrogens is 443 g/mol. The molecule has 10 heteroatoms. The Morgan fingerprint density at radius 3 is 2.82 bits per heavy atom. The summed E-state index contributed by atoms with van der Waals surface area (Å²) >= 11 is 0. The van der Waals surface area contributed by atoms with Crippen LogP contribution in [0.15, 0.2) is 61.2 Å². The molecule has 3 aromatic heterocycles. The first-order valence-corrected chi connectivity index (χ1v) is 11.6. The smallest absolute Gasteiger partial charge is 0.162 e. The zero-order chi connectivity index (χ0) is 22.9. The standard InChI is InChI=1S/C23H19FN6O2S/c1-13(29-23-21-22(26-11-25-21)27-12-28-23)18-8-15-5-6-17(24)9-19(15)30-20(18)16-4-2-3-14(7-16)10-33(31)32/h2-9,11-13,33H,10H2,1H3,(H2,25,26,27,28,29)/t13-/m0/s1. The number of benzene rings is 2. The quantitative estimate of drug-likeness (QED) is 0.327. The maximum atomic E-state index is 13.9. The van der Waals surface area contributed by atoms with E-state index in [4.69, 9.17) is 4.98 Å². The maximum absolute atomic E-state index is 13.9. The van der Waals surface area contributed by atoms with Gasteiger partial charge in [0.25, 0.3) is 0 Å². The first-order valence-electron chi connectivity index (χ1n) is 10.2. The van der Waals surface area contributed by atoms with Crippen LogP contribution in [0.4, 0.5) is 10.2 Å². The normalized spacial score (nSPS) is 12.5. The summed E-state index contributed by atoms with van der Waals surface area (Å²) in [6, 6.07) is 13.4. The van der Waals surface area contributed by atoms with Crippen molar-refractivity contribution in [3.05, 3.63) is 78.1 Å². The molecule has 0 spiro atoms. The van der Waals surface area contributed by atoms with Gasteiger partial charge in [-0.2, -0.15) is 0 Å². The summed E-state index contributed by atoms with van der Waals surface area (Å²) in [6.45, 7) is 1.97. The van der Waals surface area contributed by atoms with Crippen molar-refractivity contribution >= 4 is 38.6 Å². The molecule has 33 heavy (non-hydrogen) atoms. The van der Waals surface area contributed by atoms with Crippen molar-refractivity contribution in [1.29, 1.82) is 0 Å². The number of halogens is 1. The van der Waals surface area contributed by atoms with Crippen molar-refractivity contribution in [2.45, 2.75) is 18.7 Å². The number of nitrogens with one attached hydrogen (secondary N) is 2. The van der Waals surface area contributed by atoms with Crippen LogP contribution in [0, 0.1) is 5.82 Å². The first-order chi connectivity index (χ1) is 16.0. The fourth-order valence-electron chi connectivity index (χ4n) is 3.84. The van der Waals surface area contributed by atoms with E-state index in [0.717, 1.165) is 16.5 Å². The van der Waals surface area contributed by atoms with Crippen LogP contribution in [0.1, 0.15) is 24.1 Å². The minimum absolute atomic E-state index is 0.0629. The lowest BCUT2D eigenvalue weighted by molar-refractivity contribution is 0.614. The summed E-state index contributed by atoms with van der Waals surface area (Å²) < 4.78 is 36.4. The molecule has 1 atom stereocenters. The number of H-pyrrole nitrogens is 1. The van der Waals surface area contributed by atoms with Gasteiger partial charge in [-0.15, -0.1) is 0 Å². The van der Waals surface area contributed by atoms with Crippen molar-refractivity contribution < 1.29 is 12.8 Å². The van der Waals surface area contributed by atoms with E-state index in [1.54, 1.807) is 30.6 Å². The zero-order valence-corrected chi connectivity index (χ0v) is 18.4. The second-order valence-electron chi connectivity index (χ2n) is 7.64. The molecule has 5 aromatic rings. The van der Waals surface area contributed by atoms with E-state index in [-0.39, 0.29) is 17.6 Å². The van der Waals surface area contributed by atoms with Crippen LogP contribution in [0.5, 0.6) is 0 Å². The molecule has 0 unspecified atom stereocenters. The molecule has 0 amide bonds. The average Bonchev–Trinajstić information content (AvgIpc) is 3.28. The number of aromatic nitrogens is 5. The molecule has 0 aliphatic carbocycles. The average molecular weight is 463 g/mol. The molecule has 2 aromatic carbocycles. The molecule has 166 valence electrons. The van der Waals surface area contributed by atoms with Gasteiger partial charge < -0.3 is 10.3 Å². The lowest BCUT2D eigenvalue weighted by Gasteiger charge is -2.19. The van der Waals surface area contributed by atoms with E-state index in [0.29, 0.717) is 33.8 Å². The van der Waals surface area contributed by atoms with Gasteiger partial charge in [0.05, 0.1) is 29.3 Å². The molecule has 2 N–H and O–H groups in total. The lowest BCUT2D eigenvalue weighted by atomic mass is 9.97. The summed E-state index contributed by atoms with van der Waals surface area (Å²) in [5, 5.41) is 4.16. The number of pyridine rings is 1. The van der Waals surface area contributed by atoms with Crippen molar-refractivity contribution in [2.75, 3.05) is 5.32 Å². The van der Waals surface area contributed by atoms with Gasteiger partial charge in [0.2, 0.25) is 0 Å². The van der Waals surface area contributed by atoms with Crippen LogP contribution in [0.3, 0.4) is 0 Å². The van der Waals surface area contributed by atoms with Gasteiger partial charge in [-0.1, -0.05) is 18.2 Å². The van der Waals surface area contributed by atoms with E-state index in [1.807, 2.05) is 19.1 Å². The molecule has 0 saturated heterocycles. The minimum atomic E-state index is -2.56. The van der Waals surface area contributed by atoms with Gasteiger partial charge in [0.15, 0.2) is 11.5 Å². The minimum Gasteiger partial charge on any atom is -0.362 e. The Morgan fingerprint density at radius 2 is 1.97 bits per heavy atom. The monoisotopic (exact) mass is 462 g/mol. The molecule has 0 aliphatic heterocycles. The largest absolute Gasteiger partial charge is 0.362 e. The highest BCUT2D eigenvalue weighted by Crippen LogP contribution is 2.33. The summed E-state index contributed by atoms with van der Waals surface area (Å²) in [7, 11) is -2.56. The van der Waals surface area contributed by atoms with E-state index in [1.165, 1.54) is 18.5 Å². The molecule has 0 saturated carbocycles. The number of aromatic amines is 1. The van der Waals surface area contributed by atoms with Crippen LogP contribution in [-0.4, -0.2) is 33.3 Å². The van der Waals surface area contributed by atoms with Gasteiger partial charge in [-0.3, -0.25) is 0 Å². The number of rotatable bonds is 6. The Kier molecular flexibility index (Phi) is 5.43. The summed E-state index contributed by atoms with van der Waals surface area (Å²) in [5.41, 5.74) is 4.62. The topological polar surface area (TPSA) is 114 Å². The highest BCUT2D eigenvalue weighted by atomic mass is 32.2. The fraction of sp³-hybridized carbons (Fsp3) is 0.130. The first kappa shape index (κ1) is 21.0. The van der Waals surface area contributed by atoms with Gasteiger partial charge in [0, 0.05) is 22.6 Å². The zero-order valence-electron chi connectivity index (χ0n) is 17.5. The van der Waals surface area contributed by atoms with Gasteiger partial charge >= 0.3 is 0 Å². The molecular formula is C23H19FN6O2S. The Balaban J connectivity index is 1.64. The Labute approximate surface area is 189 Å². The molecule has 0 radical (unpaired) electrons. The molecule has 5 rings (SSSR count). The number of fused-ring (bicyclic) bond motifs is 2. The lowest BCUT2D eigenvalue weighted by Crippen LogP contribution is -2.11. The third-order valence-electron chi connectivity index (χ3n) is 5.36. The van der Waals surface area contributed by atoms with Gasteiger partial charge in [-0.05, 0) is 36.8 Å². The molecule has 0 fully saturated rings. The highest BCUT2D eigenvalue weighted by molar-refractivity contribution is 7.71. The number of anilines is 1. The molecule has 3 heterocycles. The SMILES string of the molecule is C[C@H](Nc1ncnc2[nH]cnc12)c1cc2ccc(F)cc2nc1-c1cccc(C[SH](=O)=O)c1. The van der Waals surface area contributed by atoms with Crippen molar-refractivity contribution in [3.63, 3.8) is 0 Å². The van der Waals surface area contributed by atoms with Gasteiger partial charge in [-0.25, -0.2) is 32.7 Å². The predicted molar refractivity (Wildman–Crippen MR) is 125 cm³/mol. The number of thiol groups is 1. The molecule has 8 nitrogen and oxygen atoms in total. The van der Waals surface area contributed by atoms with Crippen LogP contribution >= 0.6 is 0 Å². The number of hydrogen-bond acceptors (Lipinski definition) is 7. The summed E-state index contributed by atoms with van der Waals surface area (Å²) in [6.07, 6.45) is 3.00. The Bertz CT molecular complexity index is 1560. The summed E-state index contributed by atoms with van der Waals surface area (Å²) in [5.74, 6) is 0.127. The number of hydrogen-bond donors (Lipinski definition) is 3. The summed E-state index contributed by atoms with van der Waals surface area (Å²) in [4.78, 5) is 20.5. The van der Waals surface area contributed by atoms with E-state index in [2.05, 4.69) is 25.3 Å². The fourth-order valence-corrected chi connectivity index (χ4v) is 4.33. The van der Waals surface area contributed by atoms with Crippen molar-refractivity contribution in [3.8, 4) is 11.3 Å². The molecule has 0 aliphatic rings. The maximum Gasteiger partial charge on any atom is 0.162 e. The number of imidazole rings is 1. The highest BCUT2D eigenvalue weighted by Gasteiger charge is 2.18. The molecule has 0 bridgehead atoms. The van der Waals surface area contributed by atoms with Crippen LogP contribution in [0.25, 0.3) is 33.3 Å².